The number of hydrogen-bond donors (Lipinski definition) is 0. The molecule has 3 heterocycles. The van der Waals surface area contributed by atoms with Crippen LogP contribution >= 0.6 is 0 Å². The Bertz CT molecular complexity index is 1820. The molecule has 4 rings (SSSR count). The lowest BCUT2D eigenvalue weighted by molar-refractivity contribution is -0.0403. The van der Waals surface area contributed by atoms with Crippen LogP contribution in [0.4, 0.5) is 13.2 Å². The summed E-state index contributed by atoms with van der Waals surface area (Å²) in [5, 5.41) is 8.95. The number of aryl methyl sites for hydroxylation is 1. The van der Waals surface area contributed by atoms with E-state index in [1.807, 2.05) is 6.07 Å². The highest BCUT2D eigenvalue weighted by Gasteiger charge is 2.44. The quantitative estimate of drug-likeness (QED) is 0.341. The molecule has 0 saturated heterocycles. The number of benzene rings is 1. The van der Waals surface area contributed by atoms with E-state index in [9.17, 15) is 25.8 Å². The Morgan fingerprint density at radius 3 is 2.32 bits per heavy atom. The van der Waals surface area contributed by atoms with E-state index in [1.54, 1.807) is 7.05 Å². The van der Waals surface area contributed by atoms with Crippen LogP contribution in [0.1, 0.15) is 19.4 Å². The summed E-state index contributed by atoms with van der Waals surface area (Å²) in [4.78, 5) is 16.1. The summed E-state index contributed by atoms with van der Waals surface area (Å²) in [5.74, 6) is -0.0474. The monoisotopic (exact) mass is 563 g/mol. The molecule has 1 atom stereocenters. The minimum absolute atomic E-state index is 0.0284. The first-order valence-corrected chi connectivity index (χ1v) is 14.2. The van der Waals surface area contributed by atoms with Crippen molar-refractivity contribution in [1.82, 2.24) is 24.5 Å². The predicted octanol–water partition coefficient (Wildman–Crippen LogP) is 4.12. The van der Waals surface area contributed by atoms with Gasteiger partial charge >= 0.3 is 5.51 Å². The predicted molar refractivity (Wildman–Crippen MR) is 133 cm³/mol. The van der Waals surface area contributed by atoms with Gasteiger partial charge < -0.3 is 4.57 Å². The third-order valence-electron chi connectivity index (χ3n) is 5.62. The van der Waals surface area contributed by atoms with Crippen LogP contribution in [0.15, 0.2) is 57.0 Å². The Labute approximate surface area is 216 Å². The van der Waals surface area contributed by atoms with Gasteiger partial charge in [0.15, 0.2) is 31.2 Å². The molecule has 38 heavy (non-hydrogen) atoms. The molecule has 0 aliphatic rings. The number of halogens is 3. The Hall–Kier alpha value is -3.90. The fourth-order valence-electron chi connectivity index (χ4n) is 3.69. The molecule has 0 radical (unpaired) electrons. The van der Waals surface area contributed by atoms with Crippen LogP contribution in [0.25, 0.3) is 33.9 Å². The van der Waals surface area contributed by atoms with E-state index in [1.165, 1.54) is 49.1 Å². The van der Waals surface area contributed by atoms with Gasteiger partial charge in [-0.3, -0.25) is 4.98 Å². The summed E-state index contributed by atoms with van der Waals surface area (Å²) in [7, 11) is -7.05. The summed E-state index contributed by atoms with van der Waals surface area (Å²) in [6.07, 6.45) is 3.92. The second-order valence-corrected chi connectivity index (χ2v) is 12.4. The molecule has 0 spiro atoms. The van der Waals surface area contributed by atoms with E-state index >= 15 is 0 Å². The number of aromatic nitrogens is 5. The SMILES string of the molecule is CCN=S(=O)(c1ccc2c(c1)nc(-c1ncc(-c3ncc(C#N)cn3)cc1S(=O)(=O)CC)n2C)C(F)(F)F. The second kappa shape index (κ2) is 9.76. The highest BCUT2D eigenvalue weighted by atomic mass is 32.2. The third kappa shape index (κ3) is 4.61. The molecule has 15 heteroatoms. The van der Waals surface area contributed by atoms with E-state index in [-0.39, 0.29) is 51.2 Å². The van der Waals surface area contributed by atoms with Gasteiger partial charge in [-0.2, -0.15) is 18.4 Å². The number of alkyl halides is 3. The maximum absolute atomic E-state index is 13.7. The summed E-state index contributed by atoms with van der Waals surface area (Å²) in [5.41, 5.74) is -4.20. The van der Waals surface area contributed by atoms with Gasteiger partial charge in [0.1, 0.15) is 11.8 Å². The minimum Gasteiger partial charge on any atom is -0.326 e. The molecule has 0 N–H and O–H groups in total. The molecular formula is C23H20F3N7O3S2. The summed E-state index contributed by atoms with van der Waals surface area (Å²) >= 11 is 0. The number of fused-ring (bicyclic) bond motifs is 1. The molecule has 0 saturated carbocycles. The zero-order valence-electron chi connectivity index (χ0n) is 20.3. The normalized spacial score (nSPS) is 13.7. The first kappa shape index (κ1) is 27.1. The number of sulfone groups is 1. The highest BCUT2D eigenvalue weighted by molar-refractivity contribution is 7.94. The first-order valence-electron chi connectivity index (χ1n) is 11.1. The first-order chi connectivity index (χ1) is 17.9. The smallest absolute Gasteiger partial charge is 0.326 e. The fraction of sp³-hybridized carbons (Fsp3) is 0.261. The standard InChI is InChI=1S/C23H20F3N7O3S2/c1-4-31-38(36,23(24,25)26)16-6-7-18-17(9-16)32-22(33(18)3)20-19(37(34,35)5-2)8-15(13-28-20)21-29-11-14(10-27)12-30-21/h6-9,11-13H,4-5H2,1-3H3. The van der Waals surface area contributed by atoms with Gasteiger partial charge in [0.25, 0.3) is 0 Å². The topological polar surface area (TPSA) is 144 Å². The fourth-order valence-corrected chi connectivity index (χ4v) is 6.20. The Balaban J connectivity index is 1.93. The molecule has 3 aromatic heterocycles. The van der Waals surface area contributed by atoms with Crippen LogP contribution < -0.4 is 0 Å². The zero-order chi connectivity index (χ0) is 27.9. The van der Waals surface area contributed by atoms with E-state index in [4.69, 9.17) is 5.26 Å². The largest absolute Gasteiger partial charge is 0.483 e. The summed E-state index contributed by atoms with van der Waals surface area (Å²) in [6, 6.07) is 6.67. The van der Waals surface area contributed by atoms with Gasteiger partial charge in [0.2, 0.25) is 0 Å². The van der Waals surface area contributed by atoms with Gasteiger partial charge in [-0.05, 0) is 31.2 Å². The molecule has 0 bridgehead atoms. The van der Waals surface area contributed by atoms with Gasteiger partial charge in [-0.1, -0.05) is 6.92 Å². The molecule has 0 fully saturated rings. The van der Waals surface area contributed by atoms with Crippen LogP contribution in [-0.4, -0.2) is 54.9 Å². The molecular weight excluding hydrogens is 543 g/mol. The molecule has 10 nitrogen and oxygen atoms in total. The molecule has 1 aromatic carbocycles. The van der Waals surface area contributed by atoms with Crippen molar-refractivity contribution in [3.05, 3.63) is 48.4 Å². The van der Waals surface area contributed by atoms with Crippen molar-refractivity contribution in [3.63, 3.8) is 0 Å². The average molecular weight is 564 g/mol. The highest BCUT2D eigenvalue weighted by Crippen LogP contribution is 2.36. The van der Waals surface area contributed by atoms with Crippen molar-refractivity contribution in [2.75, 3.05) is 12.3 Å². The third-order valence-corrected chi connectivity index (χ3v) is 9.50. The number of rotatable bonds is 6. The maximum Gasteiger partial charge on any atom is 0.483 e. The molecule has 0 aliphatic carbocycles. The lowest BCUT2D eigenvalue weighted by Crippen LogP contribution is -2.23. The van der Waals surface area contributed by atoms with Crippen molar-refractivity contribution in [2.45, 2.75) is 29.1 Å². The molecule has 0 amide bonds. The van der Waals surface area contributed by atoms with Crippen LogP contribution in [0.2, 0.25) is 0 Å². The Kier molecular flexibility index (Phi) is 6.97. The molecule has 4 aromatic rings. The maximum atomic E-state index is 13.7. The van der Waals surface area contributed by atoms with Gasteiger partial charge in [0, 0.05) is 37.7 Å². The molecule has 0 aliphatic heterocycles. The van der Waals surface area contributed by atoms with Crippen molar-refractivity contribution >= 4 is 30.6 Å². The van der Waals surface area contributed by atoms with E-state index in [0.717, 1.165) is 12.1 Å². The molecule has 1 unspecified atom stereocenters. The zero-order valence-corrected chi connectivity index (χ0v) is 21.9. The Morgan fingerprint density at radius 2 is 1.74 bits per heavy atom. The van der Waals surface area contributed by atoms with E-state index in [0.29, 0.717) is 5.52 Å². The van der Waals surface area contributed by atoms with Crippen molar-refractivity contribution in [2.24, 2.45) is 11.4 Å². The summed E-state index contributed by atoms with van der Waals surface area (Å²) in [6.45, 7) is 2.51. The van der Waals surface area contributed by atoms with Crippen molar-refractivity contribution < 1.29 is 25.8 Å². The van der Waals surface area contributed by atoms with Gasteiger partial charge in [-0.25, -0.2) is 31.9 Å². The summed E-state index contributed by atoms with van der Waals surface area (Å²) < 4.78 is 84.7. The van der Waals surface area contributed by atoms with Crippen LogP contribution in [-0.2, 0) is 26.6 Å². The van der Waals surface area contributed by atoms with Gasteiger partial charge in [0.05, 0.1) is 32.1 Å². The molecule has 198 valence electrons. The van der Waals surface area contributed by atoms with Crippen LogP contribution in [0.5, 0.6) is 0 Å². The lowest BCUT2D eigenvalue weighted by atomic mass is 10.2. The van der Waals surface area contributed by atoms with Crippen LogP contribution in [0.3, 0.4) is 0 Å². The van der Waals surface area contributed by atoms with E-state index < -0.39 is 30.0 Å². The van der Waals surface area contributed by atoms with E-state index in [2.05, 4.69) is 24.3 Å². The second-order valence-electron chi connectivity index (χ2n) is 7.94. The average Bonchev–Trinajstić information content (AvgIpc) is 3.23. The number of pyridine rings is 1. The number of imidazole rings is 1. The number of hydrogen-bond acceptors (Lipinski definition) is 9. The van der Waals surface area contributed by atoms with Crippen LogP contribution in [0, 0.1) is 11.3 Å². The number of nitrogens with zero attached hydrogens (tertiary/aromatic N) is 7. The lowest BCUT2D eigenvalue weighted by Gasteiger charge is -2.13. The minimum atomic E-state index is -5.10. The van der Waals surface area contributed by atoms with Crippen molar-refractivity contribution in [3.8, 4) is 29.0 Å². The van der Waals surface area contributed by atoms with Crippen molar-refractivity contribution in [1.29, 1.82) is 5.26 Å². The Morgan fingerprint density at radius 1 is 1.05 bits per heavy atom. The number of nitriles is 1. The van der Waals surface area contributed by atoms with Gasteiger partial charge in [-0.15, -0.1) is 0 Å².